The third-order valence-electron chi connectivity index (χ3n) is 17.2. The highest BCUT2D eigenvalue weighted by Gasteiger charge is 2.72. The maximum atomic E-state index is 14.9. The van der Waals surface area contributed by atoms with E-state index in [4.69, 9.17) is 18.9 Å². The molecule has 0 aromatic rings. The number of aliphatic hydroxyl groups excluding tert-OH is 9. The van der Waals surface area contributed by atoms with Crippen molar-refractivity contribution in [1.82, 2.24) is 0 Å². The van der Waals surface area contributed by atoms with Crippen molar-refractivity contribution in [3.05, 3.63) is 11.6 Å². The summed E-state index contributed by atoms with van der Waals surface area (Å²) >= 11 is 0. The van der Waals surface area contributed by atoms with E-state index >= 15 is 0 Å². The van der Waals surface area contributed by atoms with Gasteiger partial charge in [-0.2, -0.15) is 0 Å². The van der Waals surface area contributed by atoms with Crippen molar-refractivity contribution in [2.75, 3.05) is 19.8 Å². The molecule has 0 spiro atoms. The predicted molar refractivity (Wildman–Crippen MR) is 199 cm³/mol. The molecule has 7 rings (SSSR count). The number of rotatable bonds is 7. The SMILES string of the molecule is C[C@H]1O[C@@H](O[C@H]2CC[C@@]3(C)C(CC[C@]4(C)C3C(=O)C=C3C5CC(C)(C)CC[C@]5(CO)[C@@H](O)C[C@]34C)[C@]2(C)CO)[C@H](O)[C@@H](O[C@@H]2O[C@H](CO)[C@@H](O)[C@H](O)[C@H]2O)[C@H]1O. The molecule has 6 fully saturated rings. The number of carbonyl (C=O) groups excluding carboxylic acids is 1. The average Bonchev–Trinajstić information content (AvgIpc) is 3.14. The van der Waals surface area contributed by atoms with E-state index in [0.29, 0.717) is 38.5 Å². The van der Waals surface area contributed by atoms with Gasteiger partial charge in [0.1, 0.15) is 42.7 Å². The van der Waals surface area contributed by atoms with Crippen LogP contribution in [0.2, 0.25) is 0 Å². The number of ether oxygens (including phenoxy) is 4. The summed E-state index contributed by atoms with van der Waals surface area (Å²) in [4.78, 5) is 14.9. The Morgan fingerprint density at radius 3 is 2.07 bits per heavy atom. The average molecular weight is 797 g/mol. The van der Waals surface area contributed by atoms with Gasteiger partial charge in [-0.3, -0.25) is 4.79 Å². The van der Waals surface area contributed by atoms with Crippen molar-refractivity contribution in [2.24, 2.45) is 50.2 Å². The Labute approximate surface area is 330 Å². The maximum Gasteiger partial charge on any atom is 0.187 e. The number of hydrogen-bond donors (Lipinski definition) is 9. The van der Waals surface area contributed by atoms with Crippen LogP contribution >= 0.6 is 0 Å². The van der Waals surface area contributed by atoms with Crippen molar-refractivity contribution in [3.63, 3.8) is 0 Å². The van der Waals surface area contributed by atoms with E-state index < -0.39 is 113 Å². The molecule has 0 aromatic heterocycles. The molecule has 0 bridgehead atoms. The van der Waals surface area contributed by atoms with E-state index in [2.05, 4.69) is 34.6 Å². The van der Waals surface area contributed by atoms with Gasteiger partial charge in [0.25, 0.3) is 0 Å². The predicted octanol–water partition coefficient (Wildman–Crippen LogP) is 0.940. The topological polar surface area (TPSA) is 236 Å². The van der Waals surface area contributed by atoms with Crippen molar-refractivity contribution >= 4 is 5.78 Å². The van der Waals surface area contributed by atoms with Crippen LogP contribution in [0.4, 0.5) is 0 Å². The highest BCUT2D eigenvalue weighted by atomic mass is 16.7. The molecule has 3 unspecified atom stereocenters. The zero-order chi connectivity index (χ0) is 41.1. The summed E-state index contributed by atoms with van der Waals surface area (Å²) in [5, 5.41) is 97.6. The van der Waals surface area contributed by atoms with Crippen molar-refractivity contribution < 1.29 is 69.7 Å². The Morgan fingerprint density at radius 1 is 0.750 bits per heavy atom. The number of carbonyl (C=O) groups is 1. The molecule has 20 atom stereocenters. The van der Waals surface area contributed by atoms with Crippen LogP contribution in [0.15, 0.2) is 11.6 Å². The molecule has 0 amide bonds. The first kappa shape index (κ1) is 43.0. The minimum absolute atomic E-state index is 0.00546. The maximum absolute atomic E-state index is 14.9. The second-order valence-electron chi connectivity index (χ2n) is 20.6. The normalized spacial score (nSPS) is 55.6. The van der Waals surface area contributed by atoms with Gasteiger partial charge in [-0.05, 0) is 97.9 Å². The van der Waals surface area contributed by atoms with Crippen LogP contribution < -0.4 is 0 Å². The third kappa shape index (κ3) is 6.09. The van der Waals surface area contributed by atoms with Crippen LogP contribution in [-0.4, -0.2) is 145 Å². The number of aliphatic hydroxyl groups is 9. The van der Waals surface area contributed by atoms with Gasteiger partial charge in [-0.1, -0.05) is 47.1 Å². The summed E-state index contributed by atoms with van der Waals surface area (Å²) in [5.41, 5.74) is -2.03. The monoisotopic (exact) mass is 796 g/mol. The van der Waals surface area contributed by atoms with Crippen LogP contribution in [0, 0.1) is 50.2 Å². The number of allylic oxidation sites excluding steroid dienone is 2. The Bertz CT molecular complexity index is 1520. The van der Waals surface area contributed by atoms with Gasteiger partial charge in [0, 0.05) is 16.7 Å². The van der Waals surface area contributed by atoms with Gasteiger partial charge in [0.15, 0.2) is 18.4 Å². The fourth-order valence-electron chi connectivity index (χ4n) is 13.5. The van der Waals surface area contributed by atoms with Gasteiger partial charge >= 0.3 is 0 Å². The molecule has 7 aliphatic rings. The van der Waals surface area contributed by atoms with Crippen LogP contribution in [0.3, 0.4) is 0 Å². The lowest BCUT2D eigenvalue weighted by atomic mass is 9.33. The Kier molecular flexibility index (Phi) is 11.1. The zero-order valence-electron chi connectivity index (χ0n) is 34.1. The molecule has 9 N–H and O–H groups in total. The molecule has 5 aliphatic carbocycles. The van der Waals surface area contributed by atoms with E-state index in [9.17, 15) is 50.8 Å². The van der Waals surface area contributed by atoms with Gasteiger partial charge in [0.2, 0.25) is 0 Å². The van der Waals surface area contributed by atoms with E-state index in [-0.39, 0.29) is 36.2 Å². The zero-order valence-corrected chi connectivity index (χ0v) is 34.1. The Balaban J connectivity index is 1.15. The first-order chi connectivity index (χ1) is 26.1. The molecule has 4 saturated carbocycles. The van der Waals surface area contributed by atoms with E-state index in [1.807, 2.05) is 13.0 Å². The summed E-state index contributed by atoms with van der Waals surface area (Å²) in [6, 6.07) is 0. The molecule has 2 heterocycles. The summed E-state index contributed by atoms with van der Waals surface area (Å²) in [6.07, 6.45) is -8.93. The lowest BCUT2D eigenvalue weighted by molar-refractivity contribution is -0.367. The quantitative estimate of drug-likeness (QED) is 0.163. The minimum Gasteiger partial charge on any atom is -0.396 e. The fourth-order valence-corrected chi connectivity index (χ4v) is 13.5. The smallest absolute Gasteiger partial charge is 0.187 e. The van der Waals surface area contributed by atoms with Crippen LogP contribution in [0.1, 0.15) is 99.8 Å². The largest absolute Gasteiger partial charge is 0.396 e. The number of hydrogen-bond acceptors (Lipinski definition) is 14. The minimum atomic E-state index is -1.75. The second-order valence-corrected chi connectivity index (χ2v) is 20.6. The molecular weight excluding hydrogens is 728 g/mol. The van der Waals surface area contributed by atoms with Gasteiger partial charge in [-0.15, -0.1) is 0 Å². The van der Waals surface area contributed by atoms with E-state index in [1.54, 1.807) is 6.92 Å². The third-order valence-corrected chi connectivity index (χ3v) is 17.2. The summed E-state index contributed by atoms with van der Waals surface area (Å²) in [6.45, 7) is 13.5. The first-order valence-corrected chi connectivity index (χ1v) is 20.9. The van der Waals surface area contributed by atoms with E-state index in [1.165, 1.54) is 0 Å². The van der Waals surface area contributed by atoms with E-state index in [0.717, 1.165) is 18.4 Å². The molecule has 2 aliphatic heterocycles. The van der Waals surface area contributed by atoms with Gasteiger partial charge in [0.05, 0.1) is 38.1 Å². The molecule has 14 nitrogen and oxygen atoms in total. The molecule has 0 aromatic carbocycles. The lowest BCUT2D eigenvalue weighted by Gasteiger charge is -2.71. The summed E-state index contributed by atoms with van der Waals surface area (Å²) in [5.74, 6) is -0.619. The first-order valence-electron chi connectivity index (χ1n) is 20.9. The molecule has 2 saturated heterocycles. The Morgan fingerprint density at radius 2 is 1.43 bits per heavy atom. The highest BCUT2D eigenvalue weighted by molar-refractivity contribution is 5.95. The number of ketones is 1. The molecular formula is C42H68O14. The summed E-state index contributed by atoms with van der Waals surface area (Å²) < 4.78 is 23.9. The highest BCUT2D eigenvalue weighted by Crippen LogP contribution is 2.75. The second kappa shape index (κ2) is 14.5. The van der Waals surface area contributed by atoms with Crippen LogP contribution in [-0.2, 0) is 23.7 Å². The molecule has 320 valence electrons. The molecule has 0 radical (unpaired) electrons. The molecule has 14 heteroatoms. The van der Waals surface area contributed by atoms with Crippen LogP contribution in [0.5, 0.6) is 0 Å². The lowest BCUT2D eigenvalue weighted by Crippen LogP contribution is -2.69. The van der Waals surface area contributed by atoms with Crippen molar-refractivity contribution in [3.8, 4) is 0 Å². The Hall–Kier alpha value is -1.11. The summed E-state index contributed by atoms with van der Waals surface area (Å²) in [7, 11) is 0. The molecule has 56 heavy (non-hydrogen) atoms. The van der Waals surface area contributed by atoms with Gasteiger partial charge < -0.3 is 64.9 Å². The van der Waals surface area contributed by atoms with Crippen molar-refractivity contribution in [2.45, 2.75) is 173 Å². The van der Waals surface area contributed by atoms with Crippen LogP contribution in [0.25, 0.3) is 0 Å². The fraction of sp³-hybridized carbons (Fsp3) is 0.929. The van der Waals surface area contributed by atoms with Gasteiger partial charge in [-0.25, -0.2) is 0 Å². The standard InChI is InChI=1S/C42H68O14/c1-20-28(48)33(56-35-31(51)30(50)29(49)24(17-43)54-35)32(52)36(53-20)55-27-9-10-38(4)25(39(27,5)18-44)8-11-40(6)34(38)23(46)14-21-22-15-37(2,3)12-13-42(22,19-45)26(47)16-41(21,40)7/h14,20,22,24-36,43-45,47-52H,8-13,15-19H2,1-7H3/t20-,22?,24-,25?,26+,27+,28+,29-,30+,31-,32-,33+,34?,35+,36+,38+,39+,40-,41-,42-/m1/s1. The number of fused-ring (bicyclic) bond motifs is 7. The van der Waals surface area contributed by atoms with Crippen molar-refractivity contribution in [1.29, 1.82) is 0 Å².